The first kappa shape index (κ1) is 15.1. The average Bonchev–Trinajstić information content (AvgIpc) is 2.78. The number of benzene rings is 2. The van der Waals surface area contributed by atoms with Crippen molar-refractivity contribution < 1.29 is 8.42 Å². The first-order valence-electron chi connectivity index (χ1n) is 6.61. The first-order chi connectivity index (χ1) is 10.4. The Bertz CT molecular complexity index is 945. The lowest BCUT2D eigenvalue weighted by Crippen LogP contribution is -2.14. The Morgan fingerprint density at radius 1 is 1.18 bits per heavy atom. The Labute approximate surface area is 136 Å². The molecular weight excluding hydrogens is 366 g/mol. The molecule has 3 rings (SSSR count). The summed E-state index contributed by atoms with van der Waals surface area (Å²) in [5.74, 6) is 0. The lowest BCUT2D eigenvalue weighted by atomic mass is 10.1. The lowest BCUT2D eigenvalue weighted by molar-refractivity contribution is 0.600. The zero-order valence-corrected chi connectivity index (χ0v) is 14.4. The highest BCUT2D eigenvalue weighted by atomic mass is 79.9. The van der Waals surface area contributed by atoms with Crippen molar-refractivity contribution >= 4 is 42.4 Å². The average molecular weight is 380 g/mol. The topological polar surface area (TPSA) is 74.8 Å². The van der Waals surface area contributed by atoms with Crippen molar-refractivity contribution in [1.29, 1.82) is 0 Å². The second-order valence-electron chi connectivity index (χ2n) is 5.04. The Morgan fingerprint density at radius 2 is 1.95 bits per heavy atom. The molecule has 1 aromatic heterocycles. The standard InChI is InChI=1S/C15H14BrN3O2S/c1-9-15(10(2)18-17-9)22(20,21)19-12-6-7-13-11(8-12)4-3-5-14(13)16/h3-8,19H,1-2H3,(H,17,18). The fraction of sp³-hybridized carbons (Fsp3) is 0.133. The van der Waals surface area contributed by atoms with Gasteiger partial charge in [-0.1, -0.05) is 34.1 Å². The molecule has 0 aliphatic carbocycles. The van der Waals surface area contributed by atoms with Gasteiger partial charge in [0.25, 0.3) is 10.0 Å². The summed E-state index contributed by atoms with van der Waals surface area (Å²) in [5, 5.41) is 8.61. The number of nitrogens with one attached hydrogen (secondary N) is 2. The predicted molar refractivity (Wildman–Crippen MR) is 90.5 cm³/mol. The molecule has 0 unspecified atom stereocenters. The number of aromatic nitrogens is 2. The van der Waals surface area contributed by atoms with Gasteiger partial charge in [-0.3, -0.25) is 9.82 Å². The molecule has 22 heavy (non-hydrogen) atoms. The van der Waals surface area contributed by atoms with Crippen LogP contribution < -0.4 is 4.72 Å². The summed E-state index contributed by atoms with van der Waals surface area (Å²) in [6.45, 7) is 3.35. The third-order valence-corrected chi connectivity index (χ3v) is 5.74. The number of halogens is 1. The van der Waals surface area contributed by atoms with Crippen molar-refractivity contribution in [2.75, 3.05) is 4.72 Å². The van der Waals surface area contributed by atoms with Crippen LogP contribution in [0.15, 0.2) is 45.8 Å². The zero-order chi connectivity index (χ0) is 15.9. The van der Waals surface area contributed by atoms with E-state index in [2.05, 4.69) is 30.8 Å². The monoisotopic (exact) mass is 379 g/mol. The van der Waals surface area contributed by atoms with E-state index in [1.54, 1.807) is 19.9 Å². The number of rotatable bonds is 3. The van der Waals surface area contributed by atoms with Crippen LogP contribution in [0.1, 0.15) is 11.4 Å². The van der Waals surface area contributed by atoms with E-state index in [0.29, 0.717) is 17.1 Å². The number of nitrogens with zero attached hydrogens (tertiary/aromatic N) is 1. The number of hydrogen-bond donors (Lipinski definition) is 2. The van der Waals surface area contributed by atoms with Crippen LogP contribution in [0, 0.1) is 13.8 Å². The summed E-state index contributed by atoms with van der Waals surface area (Å²) in [5.41, 5.74) is 1.49. The van der Waals surface area contributed by atoms with Crippen LogP contribution in [-0.2, 0) is 10.0 Å². The number of anilines is 1. The Morgan fingerprint density at radius 3 is 2.64 bits per heavy atom. The largest absolute Gasteiger partial charge is 0.281 e. The molecule has 0 spiro atoms. The third kappa shape index (κ3) is 2.62. The molecule has 0 bridgehead atoms. The van der Waals surface area contributed by atoms with Crippen LogP contribution in [0.3, 0.4) is 0 Å². The predicted octanol–water partition coefficient (Wildman–Crippen LogP) is 3.74. The fourth-order valence-corrected chi connectivity index (χ4v) is 4.39. The van der Waals surface area contributed by atoms with E-state index in [1.165, 1.54) is 0 Å². The van der Waals surface area contributed by atoms with Gasteiger partial charge in [0.2, 0.25) is 0 Å². The number of aryl methyl sites for hydroxylation is 2. The van der Waals surface area contributed by atoms with E-state index in [4.69, 9.17) is 0 Å². The number of sulfonamides is 1. The second-order valence-corrected chi connectivity index (χ2v) is 7.52. The van der Waals surface area contributed by atoms with E-state index in [1.807, 2.05) is 30.3 Å². The Balaban J connectivity index is 2.03. The minimum absolute atomic E-state index is 0.196. The molecule has 1 heterocycles. The maximum Gasteiger partial charge on any atom is 0.265 e. The molecule has 7 heteroatoms. The van der Waals surface area contributed by atoms with Crippen LogP contribution in [0.4, 0.5) is 5.69 Å². The summed E-state index contributed by atoms with van der Waals surface area (Å²) in [4.78, 5) is 0.196. The highest BCUT2D eigenvalue weighted by molar-refractivity contribution is 9.10. The molecule has 5 nitrogen and oxygen atoms in total. The van der Waals surface area contributed by atoms with Crippen LogP contribution in [0.2, 0.25) is 0 Å². The van der Waals surface area contributed by atoms with E-state index < -0.39 is 10.0 Å². The molecule has 0 radical (unpaired) electrons. The van der Waals surface area contributed by atoms with E-state index in [0.717, 1.165) is 15.2 Å². The van der Waals surface area contributed by atoms with Crippen LogP contribution in [0.25, 0.3) is 10.8 Å². The van der Waals surface area contributed by atoms with Gasteiger partial charge in [-0.2, -0.15) is 5.10 Å². The Kier molecular flexibility index (Phi) is 3.70. The molecule has 0 fully saturated rings. The van der Waals surface area contributed by atoms with Crippen molar-refractivity contribution in [3.63, 3.8) is 0 Å². The van der Waals surface area contributed by atoms with Gasteiger partial charge in [-0.05, 0) is 42.8 Å². The van der Waals surface area contributed by atoms with Gasteiger partial charge in [-0.15, -0.1) is 0 Å². The zero-order valence-electron chi connectivity index (χ0n) is 12.0. The Hall–Kier alpha value is -1.86. The third-order valence-electron chi connectivity index (χ3n) is 3.41. The van der Waals surface area contributed by atoms with Gasteiger partial charge in [0.05, 0.1) is 11.4 Å². The van der Waals surface area contributed by atoms with Crippen LogP contribution in [-0.4, -0.2) is 18.6 Å². The number of hydrogen-bond acceptors (Lipinski definition) is 3. The fourth-order valence-electron chi connectivity index (χ4n) is 2.45. The molecule has 2 aromatic carbocycles. The van der Waals surface area contributed by atoms with Gasteiger partial charge in [-0.25, -0.2) is 8.42 Å². The van der Waals surface area contributed by atoms with Crippen molar-refractivity contribution in [1.82, 2.24) is 10.2 Å². The maximum atomic E-state index is 12.5. The van der Waals surface area contributed by atoms with Crippen molar-refractivity contribution in [3.05, 3.63) is 52.3 Å². The minimum atomic E-state index is -3.67. The maximum absolute atomic E-state index is 12.5. The molecule has 114 valence electrons. The van der Waals surface area contributed by atoms with Gasteiger partial charge in [0, 0.05) is 10.2 Å². The summed E-state index contributed by atoms with van der Waals surface area (Å²) in [6, 6.07) is 11.2. The highest BCUT2D eigenvalue weighted by Crippen LogP contribution is 2.28. The highest BCUT2D eigenvalue weighted by Gasteiger charge is 2.22. The summed E-state index contributed by atoms with van der Waals surface area (Å²) in [6.07, 6.45) is 0. The molecule has 0 saturated carbocycles. The van der Waals surface area contributed by atoms with E-state index in [9.17, 15) is 8.42 Å². The molecule has 0 atom stereocenters. The number of H-pyrrole nitrogens is 1. The molecule has 0 saturated heterocycles. The van der Waals surface area contributed by atoms with Crippen LogP contribution in [0.5, 0.6) is 0 Å². The second kappa shape index (κ2) is 5.40. The quantitative estimate of drug-likeness (QED) is 0.727. The van der Waals surface area contributed by atoms with Crippen molar-refractivity contribution in [2.45, 2.75) is 18.7 Å². The summed E-state index contributed by atoms with van der Waals surface area (Å²) < 4.78 is 28.6. The van der Waals surface area contributed by atoms with Gasteiger partial charge >= 0.3 is 0 Å². The molecular formula is C15H14BrN3O2S. The van der Waals surface area contributed by atoms with Gasteiger partial charge in [0.1, 0.15) is 4.90 Å². The summed E-state index contributed by atoms with van der Waals surface area (Å²) >= 11 is 3.48. The molecule has 0 amide bonds. The molecule has 2 N–H and O–H groups in total. The van der Waals surface area contributed by atoms with Gasteiger partial charge < -0.3 is 0 Å². The minimum Gasteiger partial charge on any atom is -0.281 e. The van der Waals surface area contributed by atoms with Crippen molar-refractivity contribution in [3.8, 4) is 0 Å². The van der Waals surface area contributed by atoms with Gasteiger partial charge in [0.15, 0.2) is 0 Å². The smallest absolute Gasteiger partial charge is 0.265 e. The molecule has 3 aromatic rings. The van der Waals surface area contributed by atoms with E-state index in [-0.39, 0.29) is 4.90 Å². The SMILES string of the molecule is Cc1n[nH]c(C)c1S(=O)(=O)Nc1ccc2c(Br)cccc2c1. The summed E-state index contributed by atoms with van der Waals surface area (Å²) in [7, 11) is -3.67. The van der Waals surface area contributed by atoms with Crippen LogP contribution >= 0.6 is 15.9 Å². The molecule has 0 aliphatic rings. The lowest BCUT2D eigenvalue weighted by Gasteiger charge is -2.09. The number of fused-ring (bicyclic) bond motifs is 1. The normalized spacial score (nSPS) is 11.8. The number of aromatic amines is 1. The van der Waals surface area contributed by atoms with Crippen molar-refractivity contribution in [2.24, 2.45) is 0 Å². The first-order valence-corrected chi connectivity index (χ1v) is 8.89. The van der Waals surface area contributed by atoms with E-state index >= 15 is 0 Å². The molecule has 0 aliphatic heterocycles.